The third-order valence-electron chi connectivity index (χ3n) is 4.34. The second-order valence-corrected chi connectivity index (χ2v) is 5.99. The van der Waals surface area contributed by atoms with Gasteiger partial charge in [0.1, 0.15) is 0 Å². The number of nitrogens with two attached hydrogens (primary N) is 1. The lowest BCUT2D eigenvalue weighted by Crippen LogP contribution is -2.56. The summed E-state index contributed by atoms with van der Waals surface area (Å²) in [6, 6.07) is 0. The van der Waals surface area contributed by atoms with Crippen molar-refractivity contribution in [1.82, 2.24) is 4.90 Å². The summed E-state index contributed by atoms with van der Waals surface area (Å²) in [6.07, 6.45) is 6.38. The minimum atomic E-state index is 0.174. The van der Waals surface area contributed by atoms with E-state index >= 15 is 0 Å². The van der Waals surface area contributed by atoms with Crippen LogP contribution in [0.4, 0.5) is 0 Å². The zero-order valence-corrected chi connectivity index (χ0v) is 12.0. The summed E-state index contributed by atoms with van der Waals surface area (Å²) in [7, 11) is 4.05. The van der Waals surface area contributed by atoms with E-state index in [0.29, 0.717) is 6.10 Å². The standard InChI is InChI=1S/C14H30N2O/c1-12(2)7-9-16(3)14(11-15)8-5-6-13(10-14)17-4/h12-13H,5-11,15H2,1-4H3. The summed E-state index contributed by atoms with van der Waals surface area (Å²) < 4.78 is 5.54. The van der Waals surface area contributed by atoms with Crippen molar-refractivity contribution in [3.05, 3.63) is 0 Å². The second kappa shape index (κ2) is 6.72. The molecule has 0 aromatic rings. The number of hydrogen-bond acceptors (Lipinski definition) is 3. The molecular weight excluding hydrogens is 212 g/mol. The predicted octanol–water partition coefficient (Wildman–Crippen LogP) is 2.25. The Hall–Kier alpha value is -0.120. The van der Waals surface area contributed by atoms with Gasteiger partial charge in [-0.1, -0.05) is 13.8 Å². The van der Waals surface area contributed by atoms with Gasteiger partial charge in [0.05, 0.1) is 6.10 Å². The first-order valence-electron chi connectivity index (χ1n) is 6.98. The van der Waals surface area contributed by atoms with Crippen molar-refractivity contribution < 1.29 is 4.74 Å². The maximum absolute atomic E-state index is 6.07. The molecule has 0 radical (unpaired) electrons. The molecule has 1 aliphatic carbocycles. The van der Waals surface area contributed by atoms with Gasteiger partial charge in [0.15, 0.2) is 0 Å². The Balaban J connectivity index is 2.59. The fourth-order valence-electron chi connectivity index (χ4n) is 2.86. The molecule has 3 heteroatoms. The maximum atomic E-state index is 6.07. The van der Waals surface area contributed by atoms with Crippen molar-refractivity contribution in [2.24, 2.45) is 11.7 Å². The molecule has 0 amide bonds. The van der Waals surface area contributed by atoms with E-state index in [1.807, 2.05) is 7.11 Å². The highest BCUT2D eigenvalue weighted by Gasteiger charge is 2.38. The van der Waals surface area contributed by atoms with E-state index in [1.54, 1.807) is 0 Å². The number of rotatable bonds is 6. The van der Waals surface area contributed by atoms with E-state index in [2.05, 4.69) is 25.8 Å². The van der Waals surface area contributed by atoms with Crippen LogP contribution in [0.25, 0.3) is 0 Å². The SMILES string of the molecule is COC1CCCC(CN)(N(C)CCC(C)C)C1. The molecular formula is C14H30N2O. The van der Waals surface area contributed by atoms with Crippen LogP contribution in [0.2, 0.25) is 0 Å². The lowest BCUT2D eigenvalue weighted by Gasteiger charge is -2.46. The molecule has 1 saturated carbocycles. The zero-order valence-electron chi connectivity index (χ0n) is 12.0. The topological polar surface area (TPSA) is 38.5 Å². The molecule has 1 rings (SSSR count). The number of nitrogens with zero attached hydrogens (tertiary/aromatic N) is 1. The first-order chi connectivity index (χ1) is 8.04. The Bertz CT molecular complexity index is 220. The summed E-state index contributed by atoms with van der Waals surface area (Å²) in [4.78, 5) is 2.48. The van der Waals surface area contributed by atoms with Gasteiger partial charge in [-0.05, 0) is 51.6 Å². The minimum Gasteiger partial charge on any atom is -0.381 e. The molecule has 1 fully saturated rings. The highest BCUT2D eigenvalue weighted by Crippen LogP contribution is 2.33. The van der Waals surface area contributed by atoms with Crippen molar-refractivity contribution >= 4 is 0 Å². The number of ether oxygens (including phenoxy) is 1. The van der Waals surface area contributed by atoms with Crippen LogP contribution in [-0.4, -0.2) is 43.8 Å². The molecule has 0 saturated heterocycles. The summed E-state index contributed by atoms with van der Waals surface area (Å²) in [6.45, 7) is 6.45. The van der Waals surface area contributed by atoms with Crippen LogP contribution in [0.5, 0.6) is 0 Å². The number of likely N-dealkylation sites (N-methyl/N-ethyl adjacent to an activating group) is 1. The van der Waals surface area contributed by atoms with E-state index in [1.165, 1.54) is 25.7 Å². The monoisotopic (exact) mass is 242 g/mol. The second-order valence-electron chi connectivity index (χ2n) is 5.99. The molecule has 0 aromatic carbocycles. The maximum Gasteiger partial charge on any atom is 0.0589 e. The number of hydrogen-bond donors (Lipinski definition) is 1. The van der Waals surface area contributed by atoms with Crippen molar-refractivity contribution in [3.8, 4) is 0 Å². The van der Waals surface area contributed by atoms with Crippen LogP contribution in [0.15, 0.2) is 0 Å². The molecule has 102 valence electrons. The smallest absolute Gasteiger partial charge is 0.0589 e. The van der Waals surface area contributed by atoms with Crippen molar-refractivity contribution in [1.29, 1.82) is 0 Å². The van der Waals surface area contributed by atoms with Gasteiger partial charge in [0.2, 0.25) is 0 Å². The highest BCUT2D eigenvalue weighted by atomic mass is 16.5. The highest BCUT2D eigenvalue weighted by molar-refractivity contribution is 4.96. The Kier molecular flexibility index (Phi) is 5.90. The molecule has 0 heterocycles. The quantitative estimate of drug-likeness (QED) is 0.776. The van der Waals surface area contributed by atoms with Gasteiger partial charge < -0.3 is 10.5 Å². The Labute approximate surface area is 107 Å². The van der Waals surface area contributed by atoms with E-state index in [0.717, 1.165) is 25.4 Å². The van der Waals surface area contributed by atoms with E-state index in [9.17, 15) is 0 Å². The average molecular weight is 242 g/mol. The van der Waals surface area contributed by atoms with Crippen LogP contribution in [-0.2, 0) is 4.74 Å². The summed E-state index contributed by atoms with van der Waals surface area (Å²) in [5.74, 6) is 0.758. The predicted molar refractivity (Wildman–Crippen MR) is 73.1 cm³/mol. The van der Waals surface area contributed by atoms with Gasteiger partial charge in [-0.15, -0.1) is 0 Å². The van der Waals surface area contributed by atoms with Gasteiger partial charge in [-0.2, -0.15) is 0 Å². The van der Waals surface area contributed by atoms with Gasteiger partial charge >= 0.3 is 0 Å². The zero-order chi connectivity index (χ0) is 12.9. The molecule has 2 N–H and O–H groups in total. The molecule has 0 spiro atoms. The molecule has 17 heavy (non-hydrogen) atoms. The van der Waals surface area contributed by atoms with Crippen molar-refractivity contribution in [2.45, 2.75) is 57.6 Å². The Morgan fingerprint density at radius 3 is 2.71 bits per heavy atom. The summed E-state index contributed by atoms with van der Waals surface area (Å²) in [5, 5.41) is 0. The fourth-order valence-corrected chi connectivity index (χ4v) is 2.86. The molecule has 3 nitrogen and oxygen atoms in total. The first-order valence-corrected chi connectivity index (χ1v) is 6.98. The largest absolute Gasteiger partial charge is 0.381 e. The average Bonchev–Trinajstić information content (AvgIpc) is 2.35. The molecule has 2 unspecified atom stereocenters. The third-order valence-corrected chi connectivity index (χ3v) is 4.34. The normalized spacial score (nSPS) is 30.2. The molecule has 0 bridgehead atoms. The van der Waals surface area contributed by atoms with Gasteiger partial charge in [0.25, 0.3) is 0 Å². The molecule has 0 aliphatic heterocycles. The van der Waals surface area contributed by atoms with Gasteiger partial charge in [0, 0.05) is 19.2 Å². The van der Waals surface area contributed by atoms with Crippen LogP contribution >= 0.6 is 0 Å². The lowest BCUT2D eigenvalue weighted by atomic mass is 9.78. The molecule has 0 aromatic heterocycles. The van der Waals surface area contributed by atoms with E-state index in [4.69, 9.17) is 10.5 Å². The first kappa shape index (κ1) is 14.9. The number of methoxy groups -OCH3 is 1. The Morgan fingerprint density at radius 2 is 2.18 bits per heavy atom. The lowest BCUT2D eigenvalue weighted by molar-refractivity contribution is -0.0130. The fraction of sp³-hybridized carbons (Fsp3) is 1.00. The van der Waals surface area contributed by atoms with Crippen molar-refractivity contribution in [2.75, 3.05) is 27.2 Å². The van der Waals surface area contributed by atoms with E-state index < -0.39 is 0 Å². The summed E-state index contributed by atoms with van der Waals surface area (Å²) in [5.41, 5.74) is 6.24. The van der Waals surface area contributed by atoms with Crippen LogP contribution in [0.1, 0.15) is 46.0 Å². The third kappa shape index (κ3) is 3.94. The van der Waals surface area contributed by atoms with E-state index in [-0.39, 0.29) is 5.54 Å². The Morgan fingerprint density at radius 1 is 1.47 bits per heavy atom. The summed E-state index contributed by atoms with van der Waals surface area (Å²) >= 11 is 0. The molecule has 2 atom stereocenters. The van der Waals surface area contributed by atoms with Crippen LogP contribution in [0.3, 0.4) is 0 Å². The minimum absolute atomic E-state index is 0.174. The van der Waals surface area contributed by atoms with Crippen LogP contribution in [0, 0.1) is 5.92 Å². The van der Waals surface area contributed by atoms with Gasteiger partial charge in [-0.3, -0.25) is 4.90 Å². The van der Waals surface area contributed by atoms with Crippen molar-refractivity contribution in [3.63, 3.8) is 0 Å². The van der Waals surface area contributed by atoms with Gasteiger partial charge in [-0.25, -0.2) is 0 Å². The molecule has 1 aliphatic rings. The van der Waals surface area contributed by atoms with Crippen LogP contribution < -0.4 is 5.73 Å².